The molecule has 2 aromatic rings. The van der Waals surface area contributed by atoms with E-state index in [9.17, 15) is 9.59 Å². The van der Waals surface area contributed by atoms with Crippen molar-refractivity contribution in [3.05, 3.63) is 52.2 Å². The van der Waals surface area contributed by atoms with Crippen molar-refractivity contribution in [2.45, 2.75) is 32.2 Å². The van der Waals surface area contributed by atoms with Crippen molar-refractivity contribution in [3.8, 4) is 0 Å². The Labute approximate surface area is 164 Å². The van der Waals surface area contributed by atoms with Crippen LogP contribution in [0.3, 0.4) is 0 Å². The first-order valence-corrected chi connectivity index (χ1v) is 10.3. The van der Waals surface area contributed by atoms with Gasteiger partial charge in [-0.05, 0) is 56.9 Å². The lowest BCUT2D eigenvalue weighted by molar-refractivity contribution is -0.129. The molecular formula is C21H27N3O2S. The Balaban J connectivity index is 1.88. The molecule has 1 fully saturated rings. The van der Waals surface area contributed by atoms with Crippen LogP contribution in [0.2, 0.25) is 0 Å². The summed E-state index contributed by atoms with van der Waals surface area (Å²) in [4.78, 5) is 28.7. The number of thiophene rings is 1. The molecule has 27 heavy (non-hydrogen) atoms. The van der Waals surface area contributed by atoms with E-state index >= 15 is 0 Å². The Bertz CT molecular complexity index is 758. The molecule has 2 unspecified atom stereocenters. The summed E-state index contributed by atoms with van der Waals surface area (Å²) in [6.07, 6.45) is 1.87. The molecule has 0 radical (unpaired) electrons. The van der Waals surface area contributed by atoms with Gasteiger partial charge in [-0.1, -0.05) is 23.8 Å². The van der Waals surface area contributed by atoms with E-state index in [1.54, 1.807) is 11.3 Å². The average molecular weight is 386 g/mol. The molecule has 1 aromatic heterocycles. The van der Waals surface area contributed by atoms with Crippen LogP contribution in [-0.4, -0.2) is 32.0 Å². The highest BCUT2D eigenvalue weighted by Gasteiger charge is 2.41. The maximum absolute atomic E-state index is 12.9. The zero-order chi connectivity index (χ0) is 19.2. The SMILES string of the molecule is CNCCCNC(=O)C1CCC(=O)N(c2ccc(C)cc2)C1c1cccs1. The first kappa shape index (κ1) is 19.6. The van der Waals surface area contributed by atoms with Crippen LogP contribution in [0.25, 0.3) is 0 Å². The molecule has 1 aliphatic rings. The van der Waals surface area contributed by atoms with E-state index in [1.165, 1.54) is 0 Å². The second-order valence-electron chi connectivity index (χ2n) is 6.95. The van der Waals surface area contributed by atoms with Crippen molar-refractivity contribution < 1.29 is 9.59 Å². The van der Waals surface area contributed by atoms with Crippen molar-refractivity contribution in [2.75, 3.05) is 25.0 Å². The Hall–Kier alpha value is -2.18. The van der Waals surface area contributed by atoms with Gasteiger partial charge < -0.3 is 15.5 Å². The topological polar surface area (TPSA) is 61.4 Å². The van der Waals surface area contributed by atoms with E-state index in [2.05, 4.69) is 10.6 Å². The van der Waals surface area contributed by atoms with Gasteiger partial charge in [0.15, 0.2) is 0 Å². The van der Waals surface area contributed by atoms with E-state index < -0.39 is 0 Å². The largest absolute Gasteiger partial charge is 0.356 e. The van der Waals surface area contributed by atoms with Gasteiger partial charge in [-0.15, -0.1) is 11.3 Å². The van der Waals surface area contributed by atoms with Crippen molar-refractivity contribution in [1.29, 1.82) is 0 Å². The van der Waals surface area contributed by atoms with Gasteiger partial charge in [0.2, 0.25) is 11.8 Å². The van der Waals surface area contributed by atoms with Crippen LogP contribution < -0.4 is 15.5 Å². The number of hydrogen-bond acceptors (Lipinski definition) is 4. The van der Waals surface area contributed by atoms with Crippen LogP contribution in [0.15, 0.2) is 41.8 Å². The summed E-state index contributed by atoms with van der Waals surface area (Å²) in [7, 11) is 1.90. The summed E-state index contributed by atoms with van der Waals surface area (Å²) >= 11 is 1.60. The number of nitrogens with one attached hydrogen (secondary N) is 2. The number of aryl methyl sites for hydroxylation is 1. The maximum Gasteiger partial charge on any atom is 0.227 e. The number of anilines is 1. The molecule has 3 rings (SSSR count). The van der Waals surface area contributed by atoms with Crippen molar-refractivity contribution in [2.24, 2.45) is 5.92 Å². The van der Waals surface area contributed by atoms with Gasteiger partial charge >= 0.3 is 0 Å². The summed E-state index contributed by atoms with van der Waals surface area (Å²) in [5.41, 5.74) is 2.01. The molecule has 144 valence electrons. The van der Waals surface area contributed by atoms with Crippen LogP contribution in [0.1, 0.15) is 35.7 Å². The molecular weight excluding hydrogens is 358 g/mol. The summed E-state index contributed by atoms with van der Waals surface area (Å²) in [5.74, 6) is -0.122. The molecule has 2 N–H and O–H groups in total. The summed E-state index contributed by atoms with van der Waals surface area (Å²) in [5, 5.41) is 8.15. The van der Waals surface area contributed by atoms with Gasteiger partial charge in [0.25, 0.3) is 0 Å². The van der Waals surface area contributed by atoms with E-state index in [0.717, 1.165) is 29.1 Å². The molecule has 1 aromatic carbocycles. The molecule has 0 bridgehead atoms. The third kappa shape index (κ3) is 4.57. The van der Waals surface area contributed by atoms with Gasteiger partial charge in [0.05, 0.1) is 12.0 Å². The zero-order valence-corrected chi connectivity index (χ0v) is 16.7. The number of nitrogens with zero attached hydrogens (tertiary/aromatic N) is 1. The van der Waals surface area contributed by atoms with Crippen molar-refractivity contribution in [3.63, 3.8) is 0 Å². The highest BCUT2D eigenvalue weighted by Crippen LogP contribution is 2.41. The lowest BCUT2D eigenvalue weighted by atomic mass is 9.86. The number of carbonyl (C=O) groups excluding carboxylic acids is 2. The number of benzene rings is 1. The highest BCUT2D eigenvalue weighted by atomic mass is 32.1. The molecule has 1 saturated heterocycles. The fourth-order valence-electron chi connectivity index (χ4n) is 3.57. The summed E-state index contributed by atoms with van der Waals surface area (Å²) in [6.45, 7) is 3.54. The van der Waals surface area contributed by atoms with Gasteiger partial charge in [-0.2, -0.15) is 0 Å². The normalized spacial score (nSPS) is 19.9. The fourth-order valence-corrected chi connectivity index (χ4v) is 4.45. The second kappa shape index (κ2) is 9.15. The molecule has 2 amide bonds. The molecule has 2 heterocycles. The van der Waals surface area contributed by atoms with Gasteiger partial charge in [-0.3, -0.25) is 9.59 Å². The molecule has 1 aliphatic heterocycles. The smallest absolute Gasteiger partial charge is 0.227 e. The first-order chi connectivity index (χ1) is 13.1. The predicted octanol–water partition coefficient (Wildman–Crippen LogP) is 3.27. The number of carbonyl (C=O) groups is 2. The van der Waals surface area contributed by atoms with E-state index in [0.29, 0.717) is 19.4 Å². The van der Waals surface area contributed by atoms with Crippen LogP contribution in [0, 0.1) is 12.8 Å². The first-order valence-electron chi connectivity index (χ1n) is 9.46. The summed E-state index contributed by atoms with van der Waals surface area (Å²) in [6, 6.07) is 11.7. The Kier molecular flexibility index (Phi) is 6.63. The Morgan fingerprint density at radius 1 is 1.22 bits per heavy atom. The molecule has 0 saturated carbocycles. The van der Waals surface area contributed by atoms with E-state index in [-0.39, 0.29) is 23.8 Å². The molecule has 2 atom stereocenters. The average Bonchev–Trinajstić information content (AvgIpc) is 3.20. The number of hydrogen-bond donors (Lipinski definition) is 2. The van der Waals surface area contributed by atoms with Crippen LogP contribution >= 0.6 is 11.3 Å². The van der Waals surface area contributed by atoms with Crippen LogP contribution in [0.5, 0.6) is 0 Å². The minimum absolute atomic E-state index is 0.0362. The fraction of sp³-hybridized carbons (Fsp3) is 0.429. The molecule has 5 nitrogen and oxygen atoms in total. The third-order valence-electron chi connectivity index (χ3n) is 4.98. The van der Waals surface area contributed by atoms with E-state index in [1.807, 2.05) is 60.6 Å². The van der Waals surface area contributed by atoms with Gasteiger partial charge in [-0.25, -0.2) is 0 Å². The van der Waals surface area contributed by atoms with Gasteiger partial charge in [0, 0.05) is 23.5 Å². The molecule has 0 aliphatic carbocycles. The zero-order valence-electron chi connectivity index (χ0n) is 15.9. The molecule has 0 spiro atoms. The van der Waals surface area contributed by atoms with E-state index in [4.69, 9.17) is 0 Å². The lowest BCUT2D eigenvalue weighted by Gasteiger charge is -2.40. The predicted molar refractivity (Wildman–Crippen MR) is 110 cm³/mol. The Morgan fingerprint density at radius 2 is 2.00 bits per heavy atom. The number of amides is 2. The number of rotatable bonds is 7. The van der Waals surface area contributed by atoms with Crippen LogP contribution in [0.4, 0.5) is 5.69 Å². The minimum atomic E-state index is -0.252. The number of piperidine rings is 1. The van der Waals surface area contributed by atoms with Crippen molar-refractivity contribution in [1.82, 2.24) is 10.6 Å². The Morgan fingerprint density at radius 3 is 2.67 bits per heavy atom. The van der Waals surface area contributed by atoms with Crippen molar-refractivity contribution >= 4 is 28.8 Å². The third-order valence-corrected chi connectivity index (χ3v) is 5.93. The highest BCUT2D eigenvalue weighted by molar-refractivity contribution is 7.10. The standard InChI is InChI=1S/C21H27N3O2S/c1-15-6-8-16(9-7-15)24-19(25)11-10-17(20(24)18-5-3-14-27-18)21(26)23-13-4-12-22-2/h3,5-9,14,17,20,22H,4,10-13H2,1-2H3,(H,23,26). The molecule has 6 heteroatoms. The maximum atomic E-state index is 12.9. The minimum Gasteiger partial charge on any atom is -0.356 e. The quantitative estimate of drug-likeness (QED) is 0.719. The summed E-state index contributed by atoms with van der Waals surface area (Å²) < 4.78 is 0. The lowest BCUT2D eigenvalue weighted by Crippen LogP contribution is -2.48. The second-order valence-corrected chi connectivity index (χ2v) is 7.93. The monoisotopic (exact) mass is 385 g/mol. The van der Waals surface area contributed by atoms with Crippen LogP contribution in [-0.2, 0) is 9.59 Å². The van der Waals surface area contributed by atoms with Gasteiger partial charge in [0.1, 0.15) is 0 Å².